The number of carbonyl (C=O) groups is 1. The van der Waals surface area contributed by atoms with Crippen molar-refractivity contribution < 1.29 is 13.6 Å². The molecule has 0 aromatic heterocycles. The van der Waals surface area contributed by atoms with Crippen molar-refractivity contribution in [3.8, 4) is 0 Å². The van der Waals surface area contributed by atoms with E-state index in [1.54, 1.807) is 0 Å². The molecular weight excluding hydrogens is 250 g/mol. The molecule has 106 valence electrons. The summed E-state index contributed by atoms with van der Waals surface area (Å²) in [5.41, 5.74) is 0.209. The van der Waals surface area contributed by atoms with Gasteiger partial charge in [0.05, 0.1) is 5.69 Å². The first kappa shape index (κ1) is 15.4. The first-order chi connectivity index (χ1) is 9.13. The highest BCUT2D eigenvalue weighted by Crippen LogP contribution is 2.14. The van der Waals surface area contributed by atoms with Gasteiger partial charge in [-0.05, 0) is 18.6 Å². The fourth-order valence-electron chi connectivity index (χ4n) is 1.63. The van der Waals surface area contributed by atoms with Gasteiger partial charge in [-0.3, -0.25) is 4.79 Å². The summed E-state index contributed by atoms with van der Waals surface area (Å²) in [5.74, 6) is -1.33. The van der Waals surface area contributed by atoms with Gasteiger partial charge in [0.25, 0.3) is 0 Å². The van der Waals surface area contributed by atoms with Crippen molar-refractivity contribution in [1.29, 1.82) is 0 Å². The van der Waals surface area contributed by atoms with Crippen LogP contribution in [0.4, 0.5) is 14.5 Å². The molecule has 2 N–H and O–H groups in total. The Labute approximate surface area is 112 Å². The lowest BCUT2D eigenvalue weighted by atomic mass is 10.2. The van der Waals surface area contributed by atoms with Crippen molar-refractivity contribution in [1.82, 2.24) is 5.32 Å². The minimum atomic E-state index is -0.650. The molecule has 0 saturated carbocycles. The van der Waals surface area contributed by atoms with Gasteiger partial charge in [0.1, 0.15) is 11.6 Å². The molecule has 1 aromatic carbocycles. The molecule has 1 rings (SSSR count). The molecule has 1 amide bonds. The molecule has 1 aromatic rings. The van der Waals surface area contributed by atoms with Gasteiger partial charge >= 0.3 is 0 Å². The normalized spacial score (nSPS) is 10.3. The SMILES string of the molecule is CCCCCNC(=O)CCNc1ccc(F)cc1F. The smallest absolute Gasteiger partial charge is 0.221 e. The number of unbranched alkanes of at least 4 members (excludes halogenated alkanes) is 2. The lowest BCUT2D eigenvalue weighted by Crippen LogP contribution is -2.26. The predicted octanol–water partition coefficient (Wildman–Crippen LogP) is 3.07. The van der Waals surface area contributed by atoms with E-state index in [0.29, 0.717) is 13.1 Å². The van der Waals surface area contributed by atoms with E-state index >= 15 is 0 Å². The van der Waals surface area contributed by atoms with Crippen molar-refractivity contribution in [2.24, 2.45) is 0 Å². The van der Waals surface area contributed by atoms with Crippen molar-refractivity contribution in [3.05, 3.63) is 29.8 Å². The maximum Gasteiger partial charge on any atom is 0.221 e. The molecule has 0 heterocycles. The summed E-state index contributed by atoms with van der Waals surface area (Å²) < 4.78 is 25.9. The Hall–Kier alpha value is -1.65. The largest absolute Gasteiger partial charge is 0.382 e. The van der Waals surface area contributed by atoms with Gasteiger partial charge in [0.2, 0.25) is 5.91 Å². The molecule has 0 aliphatic carbocycles. The van der Waals surface area contributed by atoms with E-state index in [-0.39, 0.29) is 18.0 Å². The van der Waals surface area contributed by atoms with Gasteiger partial charge < -0.3 is 10.6 Å². The van der Waals surface area contributed by atoms with Gasteiger partial charge in [0.15, 0.2) is 0 Å². The number of benzene rings is 1. The van der Waals surface area contributed by atoms with Gasteiger partial charge in [-0.2, -0.15) is 0 Å². The third-order valence-electron chi connectivity index (χ3n) is 2.70. The first-order valence-electron chi connectivity index (χ1n) is 6.59. The number of anilines is 1. The van der Waals surface area contributed by atoms with Gasteiger partial charge in [0, 0.05) is 25.6 Å². The van der Waals surface area contributed by atoms with Crippen LogP contribution in [0.25, 0.3) is 0 Å². The summed E-state index contributed by atoms with van der Waals surface area (Å²) in [7, 11) is 0. The molecule has 0 spiro atoms. The monoisotopic (exact) mass is 270 g/mol. The minimum absolute atomic E-state index is 0.0638. The molecule has 3 nitrogen and oxygen atoms in total. The maximum atomic E-state index is 13.3. The fourth-order valence-corrected chi connectivity index (χ4v) is 1.63. The average Bonchev–Trinajstić information content (AvgIpc) is 2.37. The second-order valence-corrected chi connectivity index (χ2v) is 4.36. The zero-order valence-electron chi connectivity index (χ0n) is 11.1. The fraction of sp³-hybridized carbons (Fsp3) is 0.500. The zero-order valence-corrected chi connectivity index (χ0v) is 11.1. The molecule has 0 atom stereocenters. The van der Waals surface area contributed by atoms with Crippen LogP contribution in [0.1, 0.15) is 32.6 Å². The van der Waals surface area contributed by atoms with Crippen LogP contribution >= 0.6 is 0 Å². The summed E-state index contributed by atoms with van der Waals surface area (Å²) >= 11 is 0. The van der Waals surface area contributed by atoms with E-state index < -0.39 is 11.6 Å². The van der Waals surface area contributed by atoms with Gasteiger partial charge in [-0.1, -0.05) is 19.8 Å². The Bertz CT molecular complexity index is 410. The molecule has 0 fully saturated rings. The van der Waals surface area contributed by atoms with E-state index in [1.807, 2.05) is 0 Å². The molecule has 0 saturated heterocycles. The summed E-state index contributed by atoms with van der Waals surface area (Å²) in [6.45, 7) is 3.10. The number of rotatable bonds is 8. The molecule has 0 radical (unpaired) electrons. The number of hydrogen-bond acceptors (Lipinski definition) is 2. The van der Waals surface area contributed by atoms with E-state index in [9.17, 15) is 13.6 Å². The Kier molecular flexibility index (Phi) is 6.85. The molecular formula is C14H20F2N2O. The Balaban J connectivity index is 2.20. The highest BCUT2D eigenvalue weighted by Gasteiger charge is 2.04. The van der Waals surface area contributed by atoms with Crippen LogP contribution in [0.2, 0.25) is 0 Å². The Morgan fingerprint density at radius 3 is 2.68 bits per heavy atom. The molecule has 5 heteroatoms. The van der Waals surface area contributed by atoms with E-state index in [4.69, 9.17) is 0 Å². The number of carbonyl (C=O) groups excluding carboxylic acids is 1. The molecule has 0 unspecified atom stereocenters. The number of nitrogens with one attached hydrogen (secondary N) is 2. The van der Waals surface area contributed by atoms with E-state index in [1.165, 1.54) is 12.1 Å². The molecule has 0 aliphatic heterocycles. The third-order valence-corrected chi connectivity index (χ3v) is 2.70. The highest BCUT2D eigenvalue weighted by atomic mass is 19.1. The number of amides is 1. The number of halogens is 2. The van der Waals surface area contributed by atoms with E-state index in [2.05, 4.69) is 17.6 Å². The highest BCUT2D eigenvalue weighted by molar-refractivity contribution is 5.76. The Morgan fingerprint density at radius 1 is 1.21 bits per heavy atom. The lowest BCUT2D eigenvalue weighted by Gasteiger charge is -2.08. The standard InChI is InChI=1S/C14H20F2N2O/c1-2-3-4-8-18-14(19)7-9-17-13-6-5-11(15)10-12(13)16/h5-6,10,17H,2-4,7-9H2,1H3,(H,18,19). The predicted molar refractivity (Wildman–Crippen MR) is 72.0 cm³/mol. The van der Waals surface area contributed by atoms with Crippen molar-refractivity contribution in [2.75, 3.05) is 18.4 Å². The van der Waals surface area contributed by atoms with E-state index in [0.717, 1.165) is 25.3 Å². The van der Waals surface area contributed by atoms with Crippen LogP contribution in [-0.4, -0.2) is 19.0 Å². The minimum Gasteiger partial charge on any atom is -0.382 e. The quantitative estimate of drug-likeness (QED) is 0.713. The van der Waals surface area contributed by atoms with Crippen LogP contribution in [0.3, 0.4) is 0 Å². The second kappa shape index (κ2) is 8.45. The van der Waals surface area contributed by atoms with Crippen molar-refractivity contribution in [2.45, 2.75) is 32.6 Å². The van der Waals surface area contributed by atoms with Crippen LogP contribution in [0, 0.1) is 11.6 Å². The summed E-state index contributed by atoms with van der Waals surface area (Å²) in [6, 6.07) is 3.31. The van der Waals surface area contributed by atoms with Crippen LogP contribution in [0.5, 0.6) is 0 Å². The molecule has 19 heavy (non-hydrogen) atoms. The van der Waals surface area contributed by atoms with Gasteiger partial charge in [-0.25, -0.2) is 8.78 Å². The second-order valence-electron chi connectivity index (χ2n) is 4.36. The summed E-state index contributed by atoms with van der Waals surface area (Å²) in [5, 5.41) is 5.56. The molecule has 0 bridgehead atoms. The Morgan fingerprint density at radius 2 is 2.00 bits per heavy atom. The number of hydrogen-bond donors (Lipinski definition) is 2. The summed E-state index contributed by atoms with van der Waals surface area (Å²) in [6.07, 6.45) is 3.45. The summed E-state index contributed by atoms with van der Waals surface area (Å²) in [4.78, 5) is 11.4. The first-order valence-corrected chi connectivity index (χ1v) is 6.59. The van der Waals surface area contributed by atoms with Gasteiger partial charge in [-0.15, -0.1) is 0 Å². The van der Waals surface area contributed by atoms with Crippen molar-refractivity contribution >= 4 is 11.6 Å². The molecule has 0 aliphatic rings. The van der Waals surface area contributed by atoms with Crippen LogP contribution < -0.4 is 10.6 Å². The van der Waals surface area contributed by atoms with Crippen LogP contribution in [0.15, 0.2) is 18.2 Å². The maximum absolute atomic E-state index is 13.3. The topological polar surface area (TPSA) is 41.1 Å². The average molecular weight is 270 g/mol. The lowest BCUT2D eigenvalue weighted by molar-refractivity contribution is -0.120. The third kappa shape index (κ3) is 6.18. The van der Waals surface area contributed by atoms with Crippen LogP contribution in [-0.2, 0) is 4.79 Å². The zero-order chi connectivity index (χ0) is 14.1. The van der Waals surface area contributed by atoms with Crippen molar-refractivity contribution in [3.63, 3.8) is 0 Å².